The van der Waals surface area contributed by atoms with E-state index < -0.39 is 23.9 Å². The molecule has 1 unspecified atom stereocenters. The number of carboxylic acid groups (broad SMARTS) is 1. The molecule has 1 aromatic carbocycles. The minimum absolute atomic E-state index is 0.00432. The van der Waals surface area contributed by atoms with Gasteiger partial charge >= 0.3 is 12.0 Å². The number of phenols is 1. The fourth-order valence-electron chi connectivity index (χ4n) is 4.64. The first kappa shape index (κ1) is 20.3. The number of nitrogens with zero attached hydrogens (tertiary/aromatic N) is 6. The van der Waals surface area contributed by atoms with Crippen molar-refractivity contribution in [3.05, 3.63) is 35.5 Å². The van der Waals surface area contributed by atoms with Crippen LogP contribution in [0.25, 0.3) is 0 Å². The lowest BCUT2D eigenvalue weighted by atomic mass is 9.78. The SMILES string of the molecule is Cn1nnnc1SCC1=C(C(=O)O)N2C(=O)[C@@H]3[C@H]2C1CCN3C(=O)Nc1ccc(O)cc1. The van der Waals surface area contributed by atoms with E-state index in [1.165, 1.54) is 38.4 Å². The first-order chi connectivity index (χ1) is 15.4. The van der Waals surface area contributed by atoms with Crippen molar-refractivity contribution in [3.8, 4) is 5.75 Å². The van der Waals surface area contributed by atoms with Gasteiger partial charge in [0.1, 0.15) is 17.5 Å². The summed E-state index contributed by atoms with van der Waals surface area (Å²) in [5.74, 6) is -1.27. The number of hydrogen-bond donors (Lipinski definition) is 3. The third-order valence-electron chi connectivity index (χ3n) is 6.05. The number of thioether (sulfide) groups is 1. The van der Waals surface area contributed by atoms with Crippen molar-refractivity contribution in [1.82, 2.24) is 30.0 Å². The van der Waals surface area contributed by atoms with Gasteiger partial charge in [0.15, 0.2) is 0 Å². The van der Waals surface area contributed by atoms with E-state index in [2.05, 4.69) is 20.8 Å². The molecule has 3 N–H and O–H groups in total. The molecule has 2 fully saturated rings. The highest BCUT2D eigenvalue weighted by molar-refractivity contribution is 7.99. The molecular formula is C19H19N7O5S. The fraction of sp³-hybridized carbons (Fsp3) is 0.368. The Morgan fingerprint density at radius 3 is 2.69 bits per heavy atom. The second kappa shape index (κ2) is 7.51. The zero-order valence-corrected chi connectivity index (χ0v) is 17.7. The molecule has 2 aromatic rings. The number of benzene rings is 1. The van der Waals surface area contributed by atoms with Crippen molar-refractivity contribution in [2.45, 2.75) is 23.7 Å². The van der Waals surface area contributed by atoms with Crippen LogP contribution in [0.4, 0.5) is 10.5 Å². The molecule has 3 aliphatic rings. The molecule has 4 heterocycles. The van der Waals surface area contributed by atoms with E-state index in [4.69, 9.17) is 0 Å². The summed E-state index contributed by atoms with van der Waals surface area (Å²) in [5, 5.41) is 33.8. The van der Waals surface area contributed by atoms with E-state index in [9.17, 15) is 24.6 Å². The Labute approximate surface area is 185 Å². The smallest absolute Gasteiger partial charge is 0.352 e. The molecule has 2 saturated heterocycles. The van der Waals surface area contributed by atoms with Crippen LogP contribution in [0.2, 0.25) is 0 Å². The molecule has 0 spiro atoms. The van der Waals surface area contributed by atoms with Crippen molar-refractivity contribution < 1.29 is 24.6 Å². The third-order valence-corrected chi connectivity index (χ3v) is 7.11. The van der Waals surface area contributed by atoms with E-state index >= 15 is 0 Å². The number of tetrazole rings is 1. The topological polar surface area (TPSA) is 154 Å². The lowest BCUT2D eigenvalue weighted by molar-refractivity contribution is -0.160. The van der Waals surface area contributed by atoms with Crippen LogP contribution < -0.4 is 5.32 Å². The molecule has 0 aliphatic carbocycles. The number of aromatic nitrogens is 4. The van der Waals surface area contributed by atoms with Crippen LogP contribution in [0.3, 0.4) is 0 Å². The van der Waals surface area contributed by atoms with Gasteiger partial charge in [-0.05, 0) is 46.7 Å². The molecule has 0 bridgehead atoms. The lowest BCUT2D eigenvalue weighted by Gasteiger charge is -2.53. The second-order valence-electron chi connectivity index (χ2n) is 7.76. The average molecular weight is 457 g/mol. The molecule has 3 aliphatic heterocycles. The van der Waals surface area contributed by atoms with Crippen LogP contribution in [0.1, 0.15) is 6.42 Å². The molecule has 32 heavy (non-hydrogen) atoms. The van der Waals surface area contributed by atoms with Gasteiger partial charge in [0.2, 0.25) is 5.16 Å². The zero-order chi connectivity index (χ0) is 22.6. The summed E-state index contributed by atoms with van der Waals surface area (Å²) in [6, 6.07) is 4.50. The predicted octanol–water partition coefficient (Wildman–Crippen LogP) is 0.494. The molecule has 3 amide bonds. The van der Waals surface area contributed by atoms with Gasteiger partial charge in [0.05, 0.1) is 6.04 Å². The molecular weight excluding hydrogens is 438 g/mol. The molecule has 3 atom stereocenters. The Hall–Kier alpha value is -3.61. The molecule has 166 valence electrons. The van der Waals surface area contributed by atoms with Crippen molar-refractivity contribution in [2.24, 2.45) is 13.0 Å². The van der Waals surface area contributed by atoms with E-state index in [-0.39, 0.29) is 23.4 Å². The number of likely N-dealkylation sites (tertiary alicyclic amines) is 1. The van der Waals surface area contributed by atoms with Gasteiger partial charge in [0, 0.05) is 31.0 Å². The number of nitrogens with one attached hydrogen (secondary N) is 1. The number of urea groups is 1. The van der Waals surface area contributed by atoms with Gasteiger partial charge in [-0.25, -0.2) is 14.3 Å². The quantitative estimate of drug-likeness (QED) is 0.331. The second-order valence-corrected chi connectivity index (χ2v) is 8.70. The number of carbonyl (C=O) groups is 3. The first-order valence-corrected chi connectivity index (χ1v) is 10.9. The standard InChI is InChI=1S/C19H19N7O5S/c1-24-19(21-22-23-24)32-8-12-11-6-7-25(18(31)20-9-2-4-10(27)5-3-9)15-13(11)26(16(15)28)14(12)17(29)30/h2-5,11,13,15,27H,6-8H2,1H3,(H,20,31)(H,29,30)/t11?,13-,15+/m1/s1. The maximum absolute atomic E-state index is 12.9. The highest BCUT2D eigenvalue weighted by atomic mass is 32.2. The van der Waals surface area contributed by atoms with Gasteiger partial charge in [-0.1, -0.05) is 11.8 Å². The minimum Gasteiger partial charge on any atom is -0.508 e. The van der Waals surface area contributed by atoms with Crippen molar-refractivity contribution >= 4 is 35.4 Å². The number of amides is 3. The molecule has 5 rings (SSSR count). The van der Waals surface area contributed by atoms with E-state index in [1.54, 1.807) is 19.2 Å². The van der Waals surface area contributed by atoms with Gasteiger partial charge in [-0.3, -0.25) is 9.69 Å². The van der Waals surface area contributed by atoms with Crippen LogP contribution in [-0.4, -0.2) is 82.5 Å². The van der Waals surface area contributed by atoms with Crippen LogP contribution in [0, 0.1) is 5.92 Å². The van der Waals surface area contributed by atoms with E-state index in [0.29, 0.717) is 35.1 Å². The number of anilines is 1. The van der Waals surface area contributed by atoms with E-state index in [1.807, 2.05) is 0 Å². The van der Waals surface area contributed by atoms with Crippen molar-refractivity contribution in [1.29, 1.82) is 0 Å². The van der Waals surface area contributed by atoms with Crippen molar-refractivity contribution in [2.75, 3.05) is 17.6 Å². The summed E-state index contributed by atoms with van der Waals surface area (Å²) in [4.78, 5) is 40.6. The molecule has 13 heteroatoms. The molecule has 0 radical (unpaired) electrons. The van der Waals surface area contributed by atoms with Crippen LogP contribution in [0.5, 0.6) is 5.75 Å². The molecule has 0 saturated carbocycles. The number of rotatable bonds is 5. The third kappa shape index (κ3) is 3.07. The summed E-state index contributed by atoms with van der Waals surface area (Å²) in [5.41, 5.74) is 1.17. The maximum atomic E-state index is 12.9. The highest BCUT2D eigenvalue weighted by Crippen LogP contribution is 2.50. The first-order valence-electron chi connectivity index (χ1n) is 9.88. The monoisotopic (exact) mass is 457 g/mol. The fourth-order valence-corrected chi connectivity index (χ4v) is 5.59. The van der Waals surface area contributed by atoms with Crippen LogP contribution in [0.15, 0.2) is 40.7 Å². The number of β-lactam (4-membered cyclic amide) rings is 1. The lowest BCUT2D eigenvalue weighted by Crippen LogP contribution is -2.74. The molecule has 1 aromatic heterocycles. The number of carbonyl (C=O) groups excluding carboxylic acids is 2. The summed E-state index contributed by atoms with van der Waals surface area (Å²) in [6.45, 7) is 0.321. The van der Waals surface area contributed by atoms with Gasteiger partial charge < -0.3 is 20.4 Å². The zero-order valence-electron chi connectivity index (χ0n) is 16.9. The van der Waals surface area contributed by atoms with Crippen molar-refractivity contribution in [3.63, 3.8) is 0 Å². The Morgan fingerprint density at radius 1 is 1.28 bits per heavy atom. The predicted molar refractivity (Wildman–Crippen MR) is 111 cm³/mol. The number of hydrogen-bond acceptors (Lipinski definition) is 8. The number of aliphatic carboxylic acids is 1. The number of carboxylic acids is 1. The van der Waals surface area contributed by atoms with Crippen LogP contribution in [-0.2, 0) is 16.6 Å². The highest BCUT2D eigenvalue weighted by Gasteiger charge is 2.64. The number of phenolic OH excluding ortho intramolecular Hbond substituents is 1. The van der Waals surface area contributed by atoms with E-state index in [0.717, 1.165) is 0 Å². The number of aryl methyl sites for hydroxylation is 1. The summed E-state index contributed by atoms with van der Waals surface area (Å²) < 4.78 is 1.50. The largest absolute Gasteiger partial charge is 0.508 e. The number of piperidine rings is 1. The van der Waals surface area contributed by atoms with Crippen LogP contribution >= 0.6 is 11.8 Å². The van der Waals surface area contributed by atoms with Gasteiger partial charge in [-0.2, -0.15) is 0 Å². The Kier molecular flexibility index (Phi) is 4.77. The Morgan fingerprint density at radius 2 is 2.03 bits per heavy atom. The summed E-state index contributed by atoms with van der Waals surface area (Å²) >= 11 is 1.31. The Bertz CT molecular complexity index is 1150. The normalized spacial score (nSPS) is 23.8. The number of aromatic hydroxyl groups is 1. The molecule has 12 nitrogen and oxygen atoms in total. The summed E-state index contributed by atoms with van der Waals surface area (Å²) in [7, 11) is 1.70. The van der Waals surface area contributed by atoms with Gasteiger partial charge in [0.25, 0.3) is 5.91 Å². The maximum Gasteiger partial charge on any atom is 0.352 e. The summed E-state index contributed by atoms with van der Waals surface area (Å²) in [6.07, 6.45) is 0.539. The Balaban J connectivity index is 1.36. The average Bonchev–Trinajstić information content (AvgIpc) is 3.32. The minimum atomic E-state index is -1.15. The van der Waals surface area contributed by atoms with Gasteiger partial charge in [-0.15, -0.1) is 5.10 Å².